The molecular weight excluding hydrogens is 246 g/mol. The standard InChI is InChI=1S/C17H19N3/c1-12-3-7-14(8-4-12)16-18-11-19-17(20-16)15-9-5-13(2)6-10-15/h3-5,7,9-11,13-14H,6,8H2,1-2H3. The van der Waals surface area contributed by atoms with Gasteiger partial charge in [0, 0.05) is 11.5 Å². The molecule has 2 aliphatic rings. The predicted octanol–water partition coefficient (Wildman–Crippen LogP) is 3.84. The Morgan fingerprint density at radius 3 is 2.65 bits per heavy atom. The number of allylic oxidation sites excluding steroid dienone is 8. The van der Waals surface area contributed by atoms with Gasteiger partial charge in [-0.2, -0.15) is 0 Å². The molecule has 0 radical (unpaired) electrons. The molecule has 0 fully saturated rings. The van der Waals surface area contributed by atoms with E-state index in [4.69, 9.17) is 0 Å². The largest absolute Gasteiger partial charge is 0.221 e. The maximum absolute atomic E-state index is 4.65. The second-order valence-electron chi connectivity index (χ2n) is 5.55. The van der Waals surface area contributed by atoms with Crippen LogP contribution >= 0.6 is 0 Å². The van der Waals surface area contributed by atoms with Gasteiger partial charge in [0.25, 0.3) is 0 Å². The summed E-state index contributed by atoms with van der Waals surface area (Å²) in [6.45, 7) is 4.33. The van der Waals surface area contributed by atoms with Crippen LogP contribution in [0.1, 0.15) is 44.3 Å². The fraction of sp³-hybridized carbons (Fsp3) is 0.353. The van der Waals surface area contributed by atoms with Crippen LogP contribution in [0.4, 0.5) is 0 Å². The minimum atomic E-state index is 0.271. The summed E-state index contributed by atoms with van der Waals surface area (Å²) >= 11 is 0. The monoisotopic (exact) mass is 265 g/mol. The molecule has 1 heterocycles. The SMILES string of the molecule is CC1=CCC(c2ncnc(C3=CCC(C)C=C3)n2)C=C1. The molecule has 1 aromatic heterocycles. The molecule has 0 N–H and O–H groups in total. The van der Waals surface area contributed by atoms with E-state index in [9.17, 15) is 0 Å². The Labute approximate surface area is 119 Å². The first-order valence-electron chi connectivity index (χ1n) is 7.15. The van der Waals surface area contributed by atoms with Crippen LogP contribution in [0.5, 0.6) is 0 Å². The summed E-state index contributed by atoms with van der Waals surface area (Å²) in [6, 6.07) is 0. The third-order valence-electron chi connectivity index (χ3n) is 3.78. The zero-order chi connectivity index (χ0) is 13.9. The van der Waals surface area contributed by atoms with Gasteiger partial charge < -0.3 is 0 Å². The number of hydrogen-bond donors (Lipinski definition) is 0. The Morgan fingerprint density at radius 2 is 1.95 bits per heavy atom. The van der Waals surface area contributed by atoms with Crippen LogP contribution < -0.4 is 0 Å². The molecular formula is C17H19N3. The van der Waals surface area contributed by atoms with Crippen molar-refractivity contribution in [3.63, 3.8) is 0 Å². The fourth-order valence-corrected chi connectivity index (χ4v) is 2.44. The Bertz CT molecular complexity index is 623. The summed E-state index contributed by atoms with van der Waals surface area (Å²) in [6.07, 6.45) is 16.7. The second-order valence-corrected chi connectivity index (χ2v) is 5.55. The minimum absolute atomic E-state index is 0.271. The highest BCUT2D eigenvalue weighted by molar-refractivity contribution is 5.70. The molecule has 0 spiro atoms. The Kier molecular flexibility index (Phi) is 3.59. The average molecular weight is 265 g/mol. The van der Waals surface area contributed by atoms with Gasteiger partial charge in [0.2, 0.25) is 0 Å². The molecule has 0 saturated carbocycles. The van der Waals surface area contributed by atoms with Crippen molar-refractivity contribution in [3.8, 4) is 0 Å². The van der Waals surface area contributed by atoms with Gasteiger partial charge in [-0.3, -0.25) is 0 Å². The van der Waals surface area contributed by atoms with Gasteiger partial charge in [-0.15, -0.1) is 0 Å². The van der Waals surface area contributed by atoms with Crippen molar-refractivity contribution in [2.45, 2.75) is 32.6 Å². The molecule has 102 valence electrons. The lowest BCUT2D eigenvalue weighted by Gasteiger charge is -2.15. The van der Waals surface area contributed by atoms with E-state index in [1.54, 1.807) is 6.33 Å². The lowest BCUT2D eigenvalue weighted by molar-refractivity contribution is 0.732. The van der Waals surface area contributed by atoms with E-state index in [0.717, 1.165) is 30.1 Å². The minimum Gasteiger partial charge on any atom is -0.221 e. The van der Waals surface area contributed by atoms with E-state index in [-0.39, 0.29) is 5.92 Å². The third kappa shape index (κ3) is 2.77. The van der Waals surface area contributed by atoms with Gasteiger partial charge in [0.15, 0.2) is 5.82 Å². The molecule has 3 heteroatoms. The van der Waals surface area contributed by atoms with E-state index < -0.39 is 0 Å². The summed E-state index contributed by atoms with van der Waals surface area (Å²) in [7, 11) is 0. The zero-order valence-electron chi connectivity index (χ0n) is 12.0. The molecule has 2 atom stereocenters. The van der Waals surface area contributed by atoms with Crippen LogP contribution in [-0.2, 0) is 0 Å². The maximum atomic E-state index is 4.65. The van der Waals surface area contributed by atoms with Gasteiger partial charge in [-0.25, -0.2) is 15.0 Å². The topological polar surface area (TPSA) is 38.7 Å². The first-order chi connectivity index (χ1) is 9.72. The van der Waals surface area contributed by atoms with Gasteiger partial charge in [-0.05, 0) is 25.7 Å². The first-order valence-corrected chi connectivity index (χ1v) is 7.15. The molecule has 0 amide bonds. The van der Waals surface area contributed by atoms with Crippen molar-refractivity contribution in [2.24, 2.45) is 5.92 Å². The summed E-state index contributed by atoms with van der Waals surface area (Å²) in [5, 5.41) is 0. The third-order valence-corrected chi connectivity index (χ3v) is 3.78. The molecule has 2 unspecified atom stereocenters. The van der Waals surface area contributed by atoms with Crippen LogP contribution in [-0.4, -0.2) is 15.0 Å². The molecule has 20 heavy (non-hydrogen) atoms. The van der Waals surface area contributed by atoms with Crippen LogP contribution in [0.2, 0.25) is 0 Å². The van der Waals surface area contributed by atoms with Crippen LogP contribution in [0, 0.1) is 5.92 Å². The molecule has 3 nitrogen and oxygen atoms in total. The van der Waals surface area contributed by atoms with E-state index in [2.05, 4.69) is 65.3 Å². The number of hydrogen-bond acceptors (Lipinski definition) is 3. The quantitative estimate of drug-likeness (QED) is 0.815. The Morgan fingerprint density at radius 1 is 1.05 bits per heavy atom. The first kappa shape index (κ1) is 13.0. The molecule has 2 aliphatic carbocycles. The molecule has 1 aromatic rings. The maximum Gasteiger partial charge on any atom is 0.162 e. The van der Waals surface area contributed by atoms with Crippen LogP contribution in [0.3, 0.4) is 0 Å². The van der Waals surface area contributed by atoms with E-state index >= 15 is 0 Å². The summed E-state index contributed by atoms with van der Waals surface area (Å²) in [5.74, 6) is 2.53. The molecule has 3 rings (SSSR count). The smallest absolute Gasteiger partial charge is 0.162 e. The summed E-state index contributed by atoms with van der Waals surface area (Å²) in [4.78, 5) is 13.3. The fourth-order valence-electron chi connectivity index (χ4n) is 2.44. The van der Waals surface area contributed by atoms with E-state index in [1.165, 1.54) is 5.57 Å². The van der Waals surface area contributed by atoms with Gasteiger partial charge in [-0.1, -0.05) is 49.0 Å². The van der Waals surface area contributed by atoms with Gasteiger partial charge in [0.1, 0.15) is 12.2 Å². The van der Waals surface area contributed by atoms with Crippen molar-refractivity contribution in [1.82, 2.24) is 15.0 Å². The zero-order valence-corrected chi connectivity index (χ0v) is 12.0. The molecule has 0 bridgehead atoms. The van der Waals surface area contributed by atoms with Crippen LogP contribution in [0.25, 0.3) is 5.57 Å². The van der Waals surface area contributed by atoms with Crippen LogP contribution in [0.15, 0.2) is 48.4 Å². The van der Waals surface area contributed by atoms with Crippen molar-refractivity contribution in [3.05, 3.63) is 60.0 Å². The predicted molar refractivity (Wildman–Crippen MR) is 81.0 cm³/mol. The Balaban J connectivity index is 1.84. The van der Waals surface area contributed by atoms with E-state index in [1.807, 2.05) is 0 Å². The molecule has 0 saturated heterocycles. The van der Waals surface area contributed by atoms with Crippen molar-refractivity contribution >= 4 is 5.57 Å². The average Bonchev–Trinajstić information content (AvgIpc) is 2.49. The highest BCUT2D eigenvalue weighted by atomic mass is 15.0. The second kappa shape index (κ2) is 5.53. The highest BCUT2D eigenvalue weighted by Gasteiger charge is 2.15. The van der Waals surface area contributed by atoms with E-state index in [0.29, 0.717) is 5.92 Å². The van der Waals surface area contributed by atoms with Gasteiger partial charge in [0.05, 0.1) is 0 Å². The van der Waals surface area contributed by atoms with Crippen molar-refractivity contribution in [2.75, 3.05) is 0 Å². The summed E-state index contributed by atoms with van der Waals surface area (Å²) < 4.78 is 0. The Hall–Kier alpha value is -2.03. The lowest BCUT2D eigenvalue weighted by Crippen LogP contribution is -2.07. The molecule has 0 aliphatic heterocycles. The normalized spacial score (nSPS) is 25.3. The van der Waals surface area contributed by atoms with Crippen molar-refractivity contribution < 1.29 is 0 Å². The highest BCUT2D eigenvalue weighted by Crippen LogP contribution is 2.26. The molecule has 0 aromatic carbocycles. The number of aromatic nitrogens is 3. The number of nitrogens with zero attached hydrogens (tertiary/aromatic N) is 3. The van der Waals surface area contributed by atoms with Crippen molar-refractivity contribution in [1.29, 1.82) is 0 Å². The number of rotatable bonds is 2. The van der Waals surface area contributed by atoms with Gasteiger partial charge >= 0.3 is 0 Å². The lowest BCUT2D eigenvalue weighted by atomic mass is 9.96. The summed E-state index contributed by atoms with van der Waals surface area (Å²) in [5.41, 5.74) is 2.42.